The predicted octanol–water partition coefficient (Wildman–Crippen LogP) is 6.70. The van der Waals surface area contributed by atoms with Crippen LogP contribution in [0.15, 0.2) is 109 Å². The summed E-state index contributed by atoms with van der Waals surface area (Å²) in [7, 11) is 0. The summed E-state index contributed by atoms with van der Waals surface area (Å²) in [5.41, 5.74) is 12.8. The van der Waals surface area contributed by atoms with E-state index in [4.69, 9.17) is 15.2 Å². The number of amides is 2. The van der Waals surface area contributed by atoms with E-state index >= 15 is 0 Å². The standard InChI is InChI=1S/C39H42N6O5S/c40-33-11-1-2-12-34(33)44-37(48)14-4-3-13-36(47)41-22-27-7-5-8-29(19-27)30-9-6-10-31(20-30)38-49-32(24-51-39-42-25-43-45-39)21-35(50-38)28-17-15-26(23-46)16-18-28/h1-2,5-12,15-20,25,32,35,38,46H,3-4,13-14,21-24,40H2,(H,41,47)(H,44,48)(H,42,43,45). The molecular formula is C39H42N6O5S. The van der Waals surface area contributed by atoms with Gasteiger partial charge < -0.3 is 30.9 Å². The number of hydrogen-bond acceptors (Lipinski definition) is 9. The first-order chi connectivity index (χ1) is 24.9. The van der Waals surface area contributed by atoms with Crippen molar-refractivity contribution >= 4 is 35.0 Å². The highest BCUT2D eigenvalue weighted by Gasteiger charge is 2.32. The van der Waals surface area contributed by atoms with Gasteiger partial charge in [0.15, 0.2) is 11.4 Å². The first-order valence-corrected chi connectivity index (χ1v) is 18.0. The van der Waals surface area contributed by atoms with Crippen molar-refractivity contribution < 1.29 is 24.2 Å². The van der Waals surface area contributed by atoms with Crippen LogP contribution in [0.3, 0.4) is 0 Å². The third kappa shape index (κ3) is 10.3. The second-order valence-electron chi connectivity index (χ2n) is 12.4. The Bertz CT molecular complexity index is 1890. The van der Waals surface area contributed by atoms with Gasteiger partial charge in [0, 0.05) is 37.1 Å². The average molecular weight is 707 g/mol. The summed E-state index contributed by atoms with van der Waals surface area (Å²) >= 11 is 1.56. The van der Waals surface area contributed by atoms with E-state index in [1.165, 1.54) is 6.33 Å². The minimum atomic E-state index is -0.591. The van der Waals surface area contributed by atoms with Crippen molar-refractivity contribution in [3.63, 3.8) is 0 Å². The molecule has 2 amide bonds. The van der Waals surface area contributed by atoms with Crippen LogP contribution in [0.2, 0.25) is 0 Å². The van der Waals surface area contributed by atoms with Gasteiger partial charge in [-0.25, -0.2) is 4.98 Å². The summed E-state index contributed by atoms with van der Waals surface area (Å²) in [6.07, 6.45) is 3.14. The molecule has 11 nitrogen and oxygen atoms in total. The molecule has 5 aromatic rings. The van der Waals surface area contributed by atoms with E-state index in [0.717, 1.165) is 38.5 Å². The smallest absolute Gasteiger partial charge is 0.224 e. The van der Waals surface area contributed by atoms with Crippen LogP contribution in [0, 0.1) is 0 Å². The van der Waals surface area contributed by atoms with Gasteiger partial charge in [-0.05, 0) is 64.9 Å². The van der Waals surface area contributed by atoms with E-state index in [2.05, 4.69) is 44.0 Å². The molecule has 51 heavy (non-hydrogen) atoms. The predicted molar refractivity (Wildman–Crippen MR) is 197 cm³/mol. The lowest BCUT2D eigenvalue weighted by Crippen LogP contribution is -2.31. The van der Waals surface area contributed by atoms with Crippen LogP contribution in [-0.2, 0) is 32.2 Å². The lowest BCUT2D eigenvalue weighted by Gasteiger charge is -2.36. The van der Waals surface area contributed by atoms with Crippen LogP contribution < -0.4 is 16.4 Å². The molecule has 0 spiro atoms. The van der Waals surface area contributed by atoms with E-state index < -0.39 is 6.29 Å². The molecule has 3 unspecified atom stereocenters. The molecule has 0 radical (unpaired) electrons. The average Bonchev–Trinajstić information content (AvgIpc) is 3.70. The molecule has 6 rings (SSSR count). The molecular weight excluding hydrogens is 665 g/mol. The Labute approximate surface area is 301 Å². The van der Waals surface area contributed by atoms with Gasteiger partial charge in [-0.15, -0.1) is 0 Å². The monoisotopic (exact) mass is 706 g/mol. The maximum absolute atomic E-state index is 12.6. The molecule has 6 N–H and O–H groups in total. The fourth-order valence-electron chi connectivity index (χ4n) is 5.87. The third-order valence-corrected chi connectivity index (χ3v) is 9.62. The Hall–Kier alpha value is -5.01. The number of thioether (sulfide) groups is 1. The number of aliphatic hydroxyl groups excluding tert-OH is 1. The molecule has 1 aliphatic heterocycles. The zero-order chi connectivity index (χ0) is 35.4. The van der Waals surface area contributed by atoms with Crippen molar-refractivity contribution in [3.8, 4) is 11.1 Å². The number of unbranched alkanes of at least 4 members (excludes halogenated alkanes) is 1. The Morgan fingerprint density at radius 1 is 0.863 bits per heavy atom. The number of anilines is 2. The van der Waals surface area contributed by atoms with Crippen molar-refractivity contribution in [1.29, 1.82) is 0 Å². The summed E-state index contributed by atoms with van der Waals surface area (Å²) in [5, 5.41) is 22.9. The van der Waals surface area contributed by atoms with E-state index in [0.29, 0.717) is 55.8 Å². The first-order valence-electron chi connectivity index (χ1n) is 17.0. The molecule has 1 saturated heterocycles. The zero-order valence-corrected chi connectivity index (χ0v) is 29.0. The van der Waals surface area contributed by atoms with Crippen LogP contribution in [-0.4, -0.2) is 44.0 Å². The number of benzene rings is 4. The fourth-order valence-corrected chi connectivity index (χ4v) is 6.67. The Morgan fingerprint density at radius 3 is 2.39 bits per heavy atom. The largest absolute Gasteiger partial charge is 0.397 e. The maximum Gasteiger partial charge on any atom is 0.224 e. The summed E-state index contributed by atoms with van der Waals surface area (Å²) in [6.45, 7) is 0.388. The van der Waals surface area contributed by atoms with Crippen LogP contribution in [0.25, 0.3) is 11.1 Å². The number of rotatable bonds is 15. The number of carbonyl (C=O) groups is 2. The van der Waals surface area contributed by atoms with E-state index in [-0.39, 0.29) is 30.6 Å². The van der Waals surface area contributed by atoms with Gasteiger partial charge >= 0.3 is 0 Å². The number of hydrogen-bond donors (Lipinski definition) is 5. The molecule has 1 aromatic heterocycles. The lowest BCUT2D eigenvalue weighted by molar-refractivity contribution is -0.245. The number of aromatic nitrogens is 3. The van der Waals surface area contributed by atoms with Crippen LogP contribution in [0.5, 0.6) is 0 Å². The van der Waals surface area contributed by atoms with Crippen LogP contribution in [0.1, 0.15) is 66.8 Å². The summed E-state index contributed by atoms with van der Waals surface area (Å²) in [5.74, 6) is 0.497. The summed E-state index contributed by atoms with van der Waals surface area (Å²) < 4.78 is 13.1. The van der Waals surface area contributed by atoms with Gasteiger partial charge in [-0.3, -0.25) is 14.7 Å². The molecule has 3 atom stereocenters. The highest BCUT2D eigenvalue weighted by atomic mass is 32.2. The van der Waals surface area contributed by atoms with Crippen molar-refractivity contribution in [2.24, 2.45) is 0 Å². The highest BCUT2D eigenvalue weighted by Crippen LogP contribution is 2.40. The van der Waals surface area contributed by atoms with Crippen molar-refractivity contribution in [2.45, 2.75) is 68.9 Å². The maximum atomic E-state index is 12.6. The number of H-pyrrole nitrogens is 1. The Morgan fingerprint density at radius 2 is 1.63 bits per heavy atom. The van der Waals surface area contributed by atoms with E-state index in [1.54, 1.807) is 23.9 Å². The Kier molecular flexibility index (Phi) is 12.5. The molecule has 1 fully saturated rings. The van der Waals surface area contributed by atoms with E-state index in [1.807, 2.05) is 66.7 Å². The van der Waals surface area contributed by atoms with Gasteiger partial charge in [0.2, 0.25) is 11.8 Å². The number of ether oxygens (including phenoxy) is 2. The second-order valence-corrected chi connectivity index (χ2v) is 13.4. The molecule has 0 aliphatic carbocycles. The fraction of sp³-hybridized carbons (Fsp3) is 0.282. The zero-order valence-electron chi connectivity index (χ0n) is 28.2. The van der Waals surface area contributed by atoms with E-state index in [9.17, 15) is 14.7 Å². The number of nitrogens with two attached hydrogens (primary N) is 1. The number of nitrogens with zero attached hydrogens (tertiary/aromatic N) is 2. The first kappa shape index (κ1) is 35.8. The number of aromatic amines is 1. The topological polar surface area (TPSA) is 164 Å². The number of nitrogens with one attached hydrogen (secondary N) is 3. The SMILES string of the molecule is Nc1ccccc1NC(=O)CCCCC(=O)NCc1cccc(-c2cccc(C3OC(CSc4ncn[nH]4)CC(c4ccc(CO)cc4)O3)c2)c1. The molecule has 2 heterocycles. The molecule has 0 saturated carbocycles. The number of aliphatic hydroxyl groups is 1. The molecule has 0 bridgehead atoms. The minimum Gasteiger partial charge on any atom is -0.397 e. The highest BCUT2D eigenvalue weighted by molar-refractivity contribution is 7.99. The Balaban J connectivity index is 1.04. The number of carbonyl (C=O) groups excluding carboxylic acids is 2. The van der Waals surface area contributed by atoms with Gasteiger partial charge in [-0.2, -0.15) is 5.10 Å². The quantitative estimate of drug-likeness (QED) is 0.0453. The molecule has 12 heteroatoms. The molecule has 1 aliphatic rings. The van der Waals surface area contributed by atoms with Crippen LogP contribution in [0.4, 0.5) is 11.4 Å². The normalized spacial score (nSPS) is 17.2. The van der Waals surface area contributed by atoms with Crippen molar-refractivity contribution in [3.05, 3.63) is 126 Å². The van der Waals surface area contributed by atoms with Crippen molar-refractivity contribution in [2.75, 3.05) is 16.8 Å². The summed E-state index contributed by atoms with van der Waals surface area (Å²) in [4.78, 5) is 29.1. The van der Waals surface area contributed by atoms with Crippen LogP contribution >= 0.6 is 11.8 Å². The number of nitrogen functional groups attached to an aromatic ring is 1. The van der Waals surface area contributed by atoms with Crippen molar-refractivity contribution in [1.82, 2.24) is 20.5 Å². The number of para-hydroxylation sites is 2. The molecule has 264 valence electrons. The third-order valence-electron chi connectivity index (χ3n) is 8.62. The van der Waals surface area contributed by atoms with Gasteiger partial charge in [0.05, 0.1) is 30.2 Å². The minimum absolute atomic E-state index is 0.0116. The molecule has 4 aromatic carbocycles. The second kappa shape index (κ2) is 17.8. The van der Waals surface area contributed by atoms with Gasteiger partial charge in [0.25, 0.3) is 0 Å². The van der Waals surface area contributed by atoms with Gasteiger partial charge in [0.1, 0.15) is 6.33 Å². The summed E-state index contributed by atoms with van der Waals surface area (Å²) in [6, 6.07) is 31.2. The lowest BCUT2D eigenvalue weighted by atomic mass is 9.99. The van der Waals surface area contributed by atoms with Gasteiger partial charge in [-0.1, -0.05) is 84.6 Å².